The highest BCUT2D eigenvalue weighted by Crippen LogP contribution is 2.05. The molecule has 0 unspecified atom stereocenters. The Morgan fingerprint density at radius 1 is 1.56 bits per heavy atom. The largest absolute Gasteiger partial charge is 0.326 e. The summed E-state index contributed by atoms with van der Waals surface area (Å²) < 4.78 is 0. The molecule has 0 aromatic heterocycles. The summed E-state index contributed by atoms with van der Waals surface area (Å²) in [7, 11) is 0. The van der Waals surface area contributed by atoms with E-state index in [1.807, 2.05) is 0 Å². The van der Waals surface area contributed by atoms with Crippen LogP contribution >= 0.6 is 24.0 Å². The number of nitrogens with two attached hydrogens (primary N) is 1. The van der Waals surface area contributed by atoms with Crippen molar-refractivity contribution in [2.75, 3.05) is 5.88 Å². The third-order valence-corrected chi connectivity index (χ3v) is 1.91. The quantitative estimate of drug-likeness (QED) is 0.647. The van der Waals surface area contributed by atoms with Gasteiger partial charge in [0.25, 0.3) is 0 Å². The second kappa shape index (κ2) is 6.66. The smallest absolute Gasteiger partial charge is 0.0377 e. The van der Waals surface area contributed by atoms with E-state index in [1.165, 1.54) is 0 Å². The molecule has 0 radical (unpaired) electrons. The molecule has 0 aliphatic heterocycles. The maximum atomic E-state index is 5.60. The molecule has 0 aliphatic rings. The Morgan fingerprint density at radius 3 is 2.11 bits per heavy atom. The summed E-state index contributed by atoms with van der Waals surface area (Å²) in [6, 6.07) is 0.182. The third kappa shape index (κ3) is 5.01. The molecular weight excluding hydrogens is 157 g/mol. The fourth-order valence-corrected chi connectivity index (χ4v) is 0.759. The lowest BCUT2D eigenvalue weighted by Gasteiger charge is -2.13. The number of hydrogen-bond acceptors (Lipinski definition) is 1. The van der Waals surface area contributed by atoms with E-state index in [0.29, 0.717) is 11.8 Å². The summed E-state index contributed by atoms with van der Waals surface area (Å²) in [5, 5.41) is 0. The summed E-state index contributed by atoms with van der Waals surface area (Å²) in [4.78, 5) is 0. The number of hydrogen-bond donors (Lipinski definition) is 1. The predicted molar refractivity (Wildman–Crippen MR) is 45.4 cm³/mol. The van der Waals surface area contributed by atoms with Crippen molar-refractivity contribution in [3.05, 3.63) is 0 Å². The maximum absolute atomic E-state index is 5.60. The van der Waals surface area contributed by atoms with Crippen LogP contribution in [0.3, 0.4) is 0 Å². The molecule has 0 aromatic rings. The summed E-state index contributed by atoms with van der Waals surface area (Å²) in [6.07, 6.45) is 1.12. The van der Waals surface area contributed by atoms with Crippen molar-refractivity contribution >= 4 is 24.0 Å². The van der Waals surface area contributed by atoms with Gasteiger partial charge in [0.05, 0.1) is 0 Å². The van der Waals surface area contributed by atoms with Crippen molar-refractivity contribution < 1.29 is 0 Å². The third-order valence-electron chi connectivity index (χ3n) is 1.55. The Bertz CT molecular complexity index is 51.0. The van der Waals surface area contributed by atoms with Crippen molar-refractivity contribution in [1.29, 1.82) is 0 Å². The van der Waals surface area contributed by atoms with Gasteiger partial charge in [-0.3, -0.25) is 0 Å². The van der Waals surface area contributed by atoms with Gasteiger partial charge in [0.2, 0.25) is 0 Å². The predicted octanol–water partition coefficient (Wildman–Crippen LogP) is 2.02. The monoisotopic (exact) mass is 171 g/mol. The number of halogens is 2. The van der Waals surface area contributed by atoms with Gasteiger partial charge in [0.15, 0.2) is 0 Å². The van der Waals surface area contributed by atoms with Crippen LogP contribution in [-0.2, 0) is 0 Å². The standard InChI is InChI=1S/C6H14ClN.ClH/c1-3-5(2)6(8)4-7;/h5-6H,3-4,8H2,1-2H3;1H/t5-,6+;/m0./s1. The highest BCUT2D eigenvalue weighted by Gasteiger charge is 2.07. The SMILES string of the molecule is CC[C@H](C)[C@H](N)CCl.Cl. The summed E-state index contributed by atoms with van der Waals surface area (Å²) in [6.45, 7) is 4.24. The van der Waals surface area contributed by atoms with Crippen molar-refractivity contribution in [3.63, 3.8) is 0 Å². The Hall–Kier alpha value is 0.540. The topological polar surface area (TPSA) is 26.0 Å². The first-order chi connectivity index (χ1) is 3.72. The molecule has 1 nitrogen and oxygen atoms in total. The van der Waals surface area contributed by atoms with Crippen molar-refractivity contribution in [2.24, 2.45) is 11.7 Å². The highest BCUT2D eigenvalue weighted by atomic mass is 35.5. The molecule has 0 aliphatic carbocycles. The molecule has 0 spiro atoms. The molecule has 0 fully saturated rings. The van der Waals surface area contributed by atoms with Gasteiger partial charge in [-0.1, -0.05) is 20.3 Å². The molecule has 0 aromatic carbocycles. The van der Waals surface area contributed by atoms with E-state index < -0.39 is 0 Å². The molecule has 9 heavy (non-hydrogen) atoms. The first kappa shape index (κ1) is 12.2. The highest BCUT2D eigenvalue weighted by molar-refractivity contribution is 6.18. The summed E-state index contributed by atoms with van der Waals surface area (Å²) in [5.41, 5.74) is 5.60. The van der Waals surface area contributed by atoms with Gasteiger partial charge >= 0.3 is 0 Å². The molecule has 2 N–H and O–H groups in total. The van der Waals surface area contributed by atoms with Crippen LogP contribution in [0.2, 0.25) is 0 Å². The summed E-state index contributed by atoms with van der Waals surface area (Å²) >= 11 is 5.50. The second-order valence-electron chi connectivity index (χ2n) is 2.20. The zero-order valence-electron chi connectivity index (χ0n) is 5.93. The Balaban J connectivity index is 0. The molecule has 2 atom stereocenters. The molecular formula is C6H15Cl2N. The van der Waals surface area contributed by atoms with Crippen LogP contribution in [0.15, 0.2) is 0 Å². The van der Waals surface area contributed by atoms with Crippen LogP contribution in [-0.4, -0.2) is 11.9 Å². The molecule has 0 saturated carbocycles. The summed E-state index contributed by atoms with van der Waals surface area (Å²) in [5.74, 6) is 1.14. The lowest BCUT2D eigenvalue weighted by molar-refractivity contribution is 0.473. The Labute approximate surface area is 68.4 Å². The first-order valence-corrected chi connectivity index (χ1v) is 3.57. The van der Waals surface area contributed by atoms with E-state index in [0.717, 1.165) is 6.42 Å². The van der Waals surface area contributed by atoms with Crippen LogP contribution in [0.4, 0.5) is 0 Å². The minimum atomic E-state index is 0. The second-order valence-corrected chi connectivity index (χ2v) is 2.51. The minimum Gasteiger partial charge on any atom is -0.326 e. The molecule has 58 valence electrons. The lowest BCUT2D eigenvalue weighted by Crippen LogP contribution is -2.29. The van der Waals surface area contributed by atoms with E-state index in [2.05, 4.69) is 13.8 Å². The van der Waals surface area contributed by atoms with Gasteiger partial charge in [0.1, 0.15) is 0 Å². The van der Waals surface area contributed by atoms with Gasteiger partial charge in [-0.2, -0.15) is 0 Å². The van der Waals surface area contributed by atoms with Crippen LogP contribution < -0.4 is 5.73 Å². The number of rotatable bonds is 3. The normalized spacial score (nSPS) is 16.0. The average Bonchev–Trinajstić information content (AvgIpc) is 1.84. The fraction of sp³-hybridized carbons (Fsp3) is 1.00. The van der Waals surface area contributed by atoms with Crippen LogP contribution in [0.1, 0.15) is 20.3 Å². The first-order valence-electron chi connectivity index (χ1n) is 3.03. The zero-order chi connectivity index (χ0) is 6.57. The number of alkyl halides is 1. The lowest BCUT2D eigenvalue weighted by atomic mass is 10.0. The molecule has 0 bridgehead atoms. The van der Waals surface area contributed by atoms with Gasteiger partial charge in [-0.05, 0) is 5.92 Å². The van der Waals surface area contributed by atoms with E-state index in [9.17, 15) is 0 Å². The van der Waals surface area contributed by atoms with Gasteiger partial charge in [0, 0.05) is 11.9 Å². The molecule has 3 heteroatoms. The van der Waals surface area contributed by atoms with Gasteiger partial charge in [-0.15, -0.1) is 24.0 Å². The fourth-order valence-electron chi connectivity index (χ4n) is 0.455. The Morgan fingerprint density at radius 2 is 2.00 bits per heavy atom. The van der Waals surface area contributed by atoms with Crippen LogP contribution in [0, 0.1) is 5.92 Å². The van der Waals surface area contributed by atoms with Crippen LogP contribution in [0.25, 0.3) is 0 Å². The Kier molecular flexibility index (Phi) is 9.05. The zero-order valence-corrected chi connectivity index (χ0v) is 7.50. The molecule has 0 rings (SSSR count). The van der Waals surface area contributed by atoms with E-state index in [1.54, 1.807) is 0 Å². The van der Waals surface area contributed by atoms with Crippen LogP contribution in [0.5, 0.6) is 0 Å². The van der Waals surface area contributed by atoms with E-state index in [4.69, 9.17) is 17.3 Å². The molecule has 0 amide bonds. The van der Waals surface area contributed by atoms with Gasteiger partial charge < -0.3 is 5.73 Å². The van der Waals surface area contributed by atoms with Gasteiger partial charge in [-0.25, -0.2) is 0 Å². The van der Waals surface area contributed by atoms with E-state index in [-0.39, 0.29) is 18.4 Å². The van der Waals surface area contributed by atoms with Crippen molar-refractivity contribution in [2.45, 2.75) is 26.3 Å². The van der Waals surface area contributed by atoms with E-state index >= 15 is 0 Å². The maximum Gasteiger partial charge on any atom is 0.0377 e. The average molecular weight is 172 g/mol. The minimum absolute atomic E-state index is 0. The molecule has 0 saturated heterocycles. The van der Waals surface area contributed by atoms with Crippen molar-refractivity contribution in [3.8, 4) is 0 Å². The van der Waals surface area contributed by atoms with Crippen molar-refractivity contribution in [1.82, 2.24) is 0 Å². The molecule has 0 heterocycles.